The Morgan fingerprint density at radius 1 is 1.26 bits per heavy atom. The van der Waals surface area contributed by atoms with Crippen molar-refractivity contribution in [3.05, 3.63) is 0 Å². The number of rotatable bonds is 5. The van der Waals surface area contributed by atoms with Gasteiger partial charge in [-0.2, -0.15) is 13.2 Å². The molecule has 0 radical (unpaired) electrons. The number of carbonyl (C=O) groups excluding carboxylic acids is 1. The number of aliphatic carboxylic acids is 1. The van der Waals surface area contributed by atoms with Gasteiger partial charge in [-0.05, 0) is 18.8 Å². The molecule has 3 N–H and O–H groups in total. The zero-order valence-corrected chi connectivity index (χ0v) is 10.3. The van der Waals surface area contributed by atoms with Crippen LogP contribution in [-0.2, 0) is 4.79 Å². The highest BCUT2D eigenvalue weighted by Gasteiger charge is 2.46. The van der Waals surface area contributed by atoms with E-state index in [1.807, 2.05) is 5.32 Å². The Balaban J connectivity index is 2.48. The molecule has 0 spiro atoms. The number of halogens is 3. The first-order valence-electron chi connectivity index (χ1n) is 6.13. The maximum Gasteiger partial charge on any atom is 0.408 e. The Hall–Kier alpha value is -1.47. The molecule has 19 heavy (non-hydrogen) atoms. The van der Waals surface area contributed by atoms with Gasteiger partial charge in [0.15, 0.2) is 0 Å². The van der Waals surface area contributed by atoms with Gasteiger partial charge in [-0.1, -0.05) is 12.8 Å². The van der Waals surface area contributed by atoms with Crippen LogP contribution in [-0.4, -0.2) is 35.9 Å². The van der Waals surface area contributed by atoms with Crippen LogP contribution < -0.4 is 10.6 Å². The first-order chi connectivity index (χ1) is 8.80. The summed E-state index contributed by atoms with van der Waals surface area (Å²) >= 11 is 0. The Bertz CT molecular complexity index is 328. The maximum atomic E-state index is 12.8. The molecular formula is C11H17F3N2O3. The highest BCUT2D eigenvalue weighted by atomic mass is 19.4. The topological polar surface area (TPSA) is 78.4 Å². The number of carbonyl (C=O) groups is 2. The number of carboxylic acid groups (broad SMARTS) is 1. The van der Waals surface area contributed by atoms with Gasteiger partial charge in [0.25, 0.3) is 0 Å². The van der Waals surface area contributed by atoms with Gasteiger partial charge in [0.2, 0.25) is 0 Å². The molecule has 1 aliphatic carbocycles. The number of alkyl halides is 3. The van der Waals surface area contributed by atoms with Crippen molar-refractivity contribution in [1.82, 2.24) is 10.6 Å². The van der Waals surface area contributed by atoms with Crippen LogP contribution in [0.1, 0.15) is 32.1 Å². The number of carboxylic acids is 1. The van der Waals surface area contributed by atoms with Crippen LogP contribution in [0.3, 0.4) is 0 Å². The van der Waals surface area contributed by atoms with Crippen LogP contribution in [0.2, 0.25) is 0 Å². The molecule has 1 aliphatic rings. The molecule has 2 amide bonds. The fraction of sp³-hybridized carbons (Fsp3) is 0.818. The van der Waals surface area contributed by atoms with E-state index in [9.17, 15) is 22.8 Å². The third kappa shape index (κ3) is 5.35. The highest BCUT2D eigenvalue weighted by Crippen LogP contribution is 2.35. The molecular weight excluding hydrogens is 265 g/mol. The molecule has 8 heteroatoms. The van der Waals surface area contributed by atoms with E-state index in [2.05, 4.69) is 5.32 Å². The molecule has 0 aromatic carbocycles. The molecule has 5 nitrogen and oxygen atoms in total. The Kier molecular flexibility index (Phi) is 5.44. The van der Waals surface area contributed by atoms with Crippen molar-refractivity contribution in [2.45, 2.75) is 44.3 Å². The molecule has 1 fully saturated rings. The predicted molar refractivity (Wildman–Crippen MR) is 60.6 cm³/mol. The van der Waals surface area contributed by atoms with Crippen molar-refractivity contribution in [2.24, 2.45) is 5.92 Å². The monoisotopic (exact) mass is 282 g/mol. The lowest BCUT2D eigenvalue weighted by Gasteiger charge is -2.26. The van der Waals surface area contributed by atoms with Gasteiger partial charge in [0.05, 0.1) is 6.42 Å². The SMILES string of the molecule is O=C(O)CCNC(=O)NC(C1CCCC1)C(F)(F)F. The summed E-state index contributed by atoms with van der Waals surface area (Å²) in [4.78, 5) is 21.5. The second-order valence-electron chi connectivity index (χ2n) is 4.61. The largest absolute Gasteiger partial charge is 0.481 e. The summed E-state index contributed by atoms with van der Waals surface area (Å²) in [6.45, 7) is -0.198. The van der Waals surface area contributed by atoms with Crippen LogP contribution in [0.4, 0.5) is 18.0 Å². The smallest absolute Gasteiger partial charge is 0.408 e. The van der Waals surface area contributed by atoms with Gasteiger partial charge in [-0.25, -0.2) is 4.79 Å². The first-order valence-corrected chi connectivity index (χ1v) is 6.13. The van der Waals surface area contributed by atoms with E-state index in [0.29, 0.717) is 12.8 Å². The molecule has 1 atom stereocenters. The van der Waals surface area contributed by atoms with Crippen LogP contribution in [0, 0.1) is 5.92 Å². The molecule has 0 saturated heterocycles. The molecule has 1 rings (SSSR count). The van der Waals surface area contributed by atoms with Crippen molar-refractivity contribution in [2.75, 3.05) is 6.54 Å². The molecule has 0 aliphatic heterocycles. The Morgan fingerprint density at radius 2 is 1.84 bits per heavy atom. The lowest BCUT2D eigenvalue weighted by Crippen LogP contribution is -2.52. The van der Waals surface area contributed by atoms with Gasteiger partial charge in [-0.15, -0.1) is 0 Å². The zero-order valence-electron chi connectivity index (χ0n) is 10.3. The maximum absolute atomic E-state index is 12.8. The van der Waals surface area contributed by atoms with Crippen LogP contribution in [0.25, 0.3) is 0 Å². The molecule has 0 heterocycles. The molecule has 1 saturated carbocycles. The van der Waals surface area contributed by atoms with Crippen molar-refractivity contribution in [3.8, 4) is 0 Å². The summed E-state index contributed by atoms with van der Waals surface area (Å²) in [6.07, 6.45) is -2.45. The van der Waals surface area contributed by atoms with E-state index >= 15 is 0 Å². The van der Waals surface area contributed by atoms with E-state index in [1.165, 1.54) is 0 Å². The van der Waals surface area contributed by atoms with Crippen molar-refractivity contribution >= 4 is 12.0 Å². The standard InChI is InChI=1S/C11H17F3N2O3/c12-11(13,14)9(7-3-1-2-4-7)16-10(19)15-6-5-8(17)18/h7,9H,1-6H2,(H,17,18)(H2,15,16,19). The number of hydrogen-bond acceptors (Lipinski definition) is 2. The second kappa shape index (κ2) is 6.63. The molecule has 0 aromatic heterocycles. The van der Waals surface area contributed by atoms with E-state index < -0.39 is 30.1 Å². The van der Waals surface area contributed by atoms with E-state index in [-0.39, 0.29) is 13.0 Å². The minimum absolute atomic E-state index is 0.198. The van der Waals surface area contributed by atoms with E-state index in [4.69, 9.17) is 5.11 Å². The highest BCUT2D eigenvalue weighted by molar-refractivity contribution is 5.75. The fourth-order valence-electron chi connectivity index (χ4n) is 2.23. The summed E-state index contributed by atoms with van der Waals surface area (Å²) < 4.78 is 38.5. The fourth-order valence-corrected chi connectivity index (χ4v) is 2.23. The summed E-state index contributed by atoms with van der Waals surface area (Å²) in [5.41, 5.74) is 0. The molecule has 0 aromatic rings. The van der Waals surface area contributed by atoms with Crippen molar-refractivity contribution < 1.29 is 27.9 Å². The summed E-state index contributed by atoms with van der Waals surface area (Å²) in [5.74, 6) is -1.71. The minimum atomic E-state index is -4.49. The number of urea groups is 1. The molecule has 0 bridgehead atoms. The minimum Gasteiger partial charge on any atom is -0.481 e. The third-order valence-electron chi connectivity index (χ3n) is 3.13. The zero-order chi connectivity index (χ0) is 14.5. The lowest BCUT2D eigenvalue weighted by atomic mass is 9.98. The van der Waals surface area contributed by atoms with Crippen molar-refractivity contribution in [3.63, 3.8) is 0 Å². The number of hydrogen-bond donors (Lipinski definition) is 3. The van der Waals surface area contributed by atoms with Crippen LogP contribution in [0.15, 0.2) is 0 Å². The summed E-state index contributed by atoms with van der Waals surface area (Å²) in [6, 6.07) is -2.84. The Labute approximate surface area is 108 Å². The first kappa shape index (κ1) is 15.6. The van der Waals surface area contributed by atoms with Crippen LogP contribution in [0.5, 0.6) is 0 Å². The normalized spacial score (nSPS) is 18.1. The second-order valence-corrected chi connectivity index (χ2v) is 4.61. The summed E-state index contributed by atoms with van der Waals surface area (Å²) in [5, 5.41) is 12.4. The molecule has 110 valence electrons. The lowest BCUT2D eigenvalue weighted by molar-refractivity contribution is -0.164. The third-order valence-corrected chi connectivity index (χ3v) is 3.13. The summed E-state index contributed by atoms with van der Waals surface area (Å²) in [7, 11) is 0. The number of nitrogens with one attached hydrogen (secondary N) is 2. The average molecular weight is 282 g/mol. The quantitative estimate of drug-likeness (QED) is 0.720. The van der Waals surface area contributed by atoms with Gasteiger partial charge in [-0.3, -0.25) is 4.79 Å². The molecule has 1 unspecified atom stereocenters. The van der Waals surface area contributed by atoms with E-state index in [0.717, 1.165) is 12.8 Å². The predicted octanol–water partition coefficient (Wildman–Crippen LogP) is 1.88. The van der Waals surface area contributed by atoms with Crippen LogP contribution >= 0.6 is 0 Å². The van der Waals surface area contributed by atoms with Gasteiger partial charge in [0, 0.05) is 6.54 Å². The van der Waals surface area contributed by atoms with Crippen molar-refractivity contribution in [1.29, 1.82) is 0 Å². The van der Waals surface area contributed by atoms with Gasteiger partial charge < -0.3 is 15.7 Å². The van der Waals surface area contributed by atoms with E-state index in [1.54, 1.807) is 0 Å². The average Bonchev–Trinajstić information content (AvgIpc) is 2.76. The number of amides is 2. The van der Waals surface area contributed by atoms with Gasteiger partial charge >= 0.3 is 18.2 Å². The van der Waals surface area contributed by atoms with Gasteiger partial charge in [0.1, 0.15) is 6.04 Å². The Morgan fingerprint density at radius 3 is 2.32 bits per heavy atom.